The highest BCUT2D eigenvalue weighted by atomic mass is 35.5. The molecule has 0 spiro atoms. The minimum absolute atomic E-state index is 0.552. The van der Waals surface area contributed by atoms with Crippen LogP contribution in [0.5, 0.6) is 0 Å². The van der Waals surface area contributed by atoms with Crippen LogP contribution < -0.4 is 10.9 Å². The van der Waals surface area contributed by atoms with Crippen LogP contribution in [0.3, 0.4) is 0 Å². The van der Waals surface area contributed by atoms with Gasteiger partial charge in [-0.3, -0.25) is 15.6 Å². The molecule has 12 heavy (non-hydrogen) atoms. The summed E-state index contributed by atoms with van der Waals surface area (Å²) in [5, 5.41) is 0.587. The fourth-order valence-corrected chi connectivity index (χ4v) is 1.11. The fourth-order valence-electron chi connectivity index (χ4n) is 0.829. The first-order valence-corrected chi connectivity index (χ1v) is 3.83. The Hall–Kier alpha value is -1.22. The van der Waals surface area contributed by atoms with Crippen molar-refractivity contribution in [2.24, 2.45) is 0 Å². The van der Waals surface area contributed by atoms with Crippen LogP contribution in [0.15, 0.2) is 18.2 Å². The Morgan fingerprint density at radius 3 is 2.83 bits per heavy atom. The molecule has 0 saturated carbocycles. The molecular formula is C8H9ClN2O. The van der Waals surface area contributed by atoms with Gasteiger partial charge in [-0.15, -0.1) is 0 Å². The summed E-state index contributed by atoms with van der Waals surface area (Å²) in [5.74, 6) is 0. The zero-order valence-corrected chi connectivity index (χ0v) is 7.35. The zero-order valence-electron chi connectivity index (χ0n) is 6.60. The number of rotatable bonds is 3. The summed E-state index contributed by atoms with van der Waals surface area (Å²) in [6, 6.07) is 5.52. The Morgan fingerprint density at radius 2 is 2.25 bits per heavy atom. The summed E-state index contributed by atoms with van der Waals surface area (Å²) in [7, 11) is 0. The molecule has 0 saturated heterocycles. The summed E-state index contributed by atoms with van der Waals surface area (Å²) >= 11 is 5.85. The highest BCUT2D eigenvalue weighted by Crippen LogP contribution is 2.21. The highest BCUT2D eigenvalue weighted by molar-refractivity contribution is 6.33. The second-order valence-corrected chi connectivity index (χ2v) is 2.78. The smallest absolute Gasteiger partial charge is 0.225 e. The first kappa shape index (κ1) is 8.87. The van der Waals surface area contributed by atoms with Gasteiger partial charge in [-0.2, -0.15) is 0 Å². The van der Waals surface area contributed by atoms with E-state index in [1.54, 1.807) is 6.07 Å². The molecule has 0 unspecified atom stereocenters. The number of aryl methyl sites for hydroxylation is 1. The summed E-state index contributed by atoms with van der Waals surface area (Å²) < 4.78 is 0. The van der Waals surface area contributed by atoms with Crippen molar-refractivity contribution >= 4 is 23.7 Å². The Kier molecular flexibility index (Phi) is 2.94. The van der Waals surface area contributed by atoms with Crippen LogP contribution in [0, 0.1) is 6.92 Å². The number of hydrazine groups is 1. The van der Waals surface area contributed by atoms with E-state index in [2.05, 4.69) is 10.9 Å². The lowest BCUT2D eigenvalue weighted by molar-refractivity contribution is -0.109. The fraction of sp³-hybridized carbons (Fsp3) is 0.125. The van der Waals surface area contributed by atoms with Crippen LogP contribution in [0.4, 0.5) is 5.69 Å². The van der Waals surface area contributed by atoms with Crippen molar-refractivity contribution in [3.8, 4) is 0 Å². The Balaban J connectivity index is 2.78. The molecule has 0 aliphatic rings. The van der Waals surface area contributed by atoms with Crippen molar-refractivity contribution in [2.75, 3.05) is 5.43 Å². The van der Waals surface area contributed by atoms with Gasteiger partial charge in [0.05, 0.1) is 10.7 Å². The van der Waals surface area contributed by atoms with Crippen LogP contribution in [0.25, 0.3) is 0 Å². The predicted octanol–water partition coefficient (Wildman–Crippen LogP) is 1.72. The maximum absolute atomic E-state index is 9.94. The molecule has 1 amide bonds. The van der Waals surface area contributed by atoms with E-state index in [1.807, 2.05) is 19.1 Å². The topological polar surface area (TPSA) is 41.1 Å². The number of halogens is 1. The quantitative estimate of drug-likeness (QED) is 0.555. The van der Waals surface area contributed by atoms with E-state index >= 15 is 0 Å². The van der Waals surface area contributed by atoms with Crippen LogP contribution in [-0.4, -0.2) is 6.41 Å². The molecule has 64 valence electrons. The van der Waals surface area contributed by atoms with Gasteiger partial charge in [-0.1, -0.05) is 17.7 Å². The lowest BCUT2D eigenvalue weighted by atomic mass is 10.2. The van der Waals surface area contributed by atoms with Crippen molar-refractivity contribution in [3.05, 3.63) is 28.8 Å². The summed E-state index contributed by atoms with van der Waals surface area (Å²) in [4.78, 5) is 9.94. The first-order chi connectivity index (χ1) is 5.74. The van der Waals surface area contributed by atoms with Gasteiger partial charge in [0.1, 0.15) is 0 Å². The maximum Gasteiger partial charge on any atom is 0.225 e. The van der Waals surface area contributed by atoms with Gasteiger partial charge in [0.25, 0.3) is 0 Å². The second-order valence-electron chi connectivity index (χ2n) is 2.37. The average Bonchev–Trinajstić information content (AvgIpc) is 2.03. The van der Waals surface area contributed by atoms with E-state index in [9.17, 15) is 4.79 Å². The molecule has 4 heteroatoms. The van der Waals surface area contributed by atoms with Gasteiger partial charge >= 0.3 is 0 Å². The van der Waals surface area contributed by atoms with Crippen molar-refractivity contribution in [2.45, 2.75) is 6.92 Å². The number of benzene rings is 1. The van der Waals surface area contributed by atoms with E-state index in [0.717, 1.165) is 5.56 Å². The number of hydrogen-bond acceptors (Lipinski definition) is 2. The van der Waals surface area contributed by atoms with E-state index in [1.165, 1.54) is 0 Å². The van der Waals surface area contributed by atoms with Crippen molar-refractivity contribution < 1.29 is 4.79 Å². The molecule has 0 aliphatic carbocycles. The van der Waals surface area contributed by atoms with Gasteiger partial charge in [0.15, 0.2) is 0 Å². The molecule has 0 fully saturated rings. The maximum atomic E-state index is 9.94. The third kappa shape index (κ3) is 2.13. The largest absolute Gasteiger partial charge is 0.297 e. The lowest BCUT2D eigenvalue weighted by Gasteiger charge is -2.06. The van der Waals surface area contributed by atoms with E-state index in [4.69, 9.17) is 11.6 Å². The minimum atomic E-state index is 0.552. The molecule has 0 radical (unpaired) electrons. The zero-order chi connectivity index (χ0) is 8.97. The molecule has 1 aromatic carbocycles. The molecule has 0 bridgehead atoms. The number of hydrogen-bond donors (Lipinski definition) is 2. The van der Waals surface area contributed by atoms with E-state index in [-0.39, 0.29) is 0 Å². The number of carbonyl (C=O) groups excluding carboxylic acids is 1. The lowest BCUT2D eigenvalue weighted by Crippen LogP contribution is -2.19. The molecule has 0 atom stereocenters. The monoisotopic (exact) mass is 184 g/mol. The van der Waals surface area contributed by atoms with E-state index < -0.39 is 0 Å². The van der Waals surface area contributed by atoms with Gasteiger partial charge in [0, 0.05) is 0 Å². The normalized spacial score (nSPS) is 9.17. The van der Waals surface area contributed by atoms with E-state index in [0.29, 0.717) is 17.1 Å². The Morgan fingerprint density at radius 1 is 1.50 bits per heavy atom. The number of carbonyl (C=O) groups is 1. The van der Waals surface area contributed by atoms with Crippen molar-refractivity contribution in [1.29, 1.82) is 0 Å². The van der Waals surface area contributed by atoms with Crippen LogP contribution in [0.2, 0.25) is 5.02 Å². The third-order valence-corrected chi connectivity index (χ3v) is 1.70. The molecule has 0 aromatic heterocycles. The molecule has 3 nitrogen and oxygen atoms in total. The van der Waals surface area contributed by atoms with Gasteiger partial charge in [-0.25, -0.2) is 0 Å². The van der Waals surface area contributed by atoms with Gasteiger partial charge < -0.3 is 0 Å². The molecule has 0 heterocycles. The van der Waals surface area contributed by atoms with Crippen molar-refractivity contribution in [3.63, 3.8) is 0 Å². The average molecular weight is 185 g/mol. The molecular weight excluding hydrogens is 176 g/mol. The third-order valence-electron chi connectivity index (χ3n) is 1.39. The summed E-state index contributed by atoms with van der Waals surface area (Å²) in [5.41, 5.74) is 6.72. The Labute approximate surface area is 75.7 Å². The number of nitrogens with one attached hydrogen (secondary N) is 2. The molecule has 1 aromatic rings. The Bertz CT molecular complexity index is 288. The van der Waals surface area contributed by atoms with Crippen LogP contribution in [0.1, 0.15) is 5.56 Å². The van der Waals surface area contributed by atoms with Crippen molar-refractivity contribution in [1.82, 2.24) is 5.43 Å². The first-order valence-electron chi connectivity index (χ1n) is 3.45. The molecule has 1 rings (SSSR count). The molecule has 2 N–H and O–H groups in total. The van der Waals surface area contributed by atoms with Gasteiger partial charge in [0.2, 0.25) is 6.41 Å². The highest BCUT2D eigenvalue weighted by Gasteiger charge is 1.97. The van der Waals surface area contributed by atoms with Crippen LogP contribution >= 0.6 is 11.6 Å². The minimum Gasteiger partial charge on any atom is -0.297 e. The second kappa shape index (κ2) is 3.97. The number of anilines is 1. The van der Waals surface area contributed by atoms with Crippen LogP contribution in [-0.2, 0) is 4.79 Å². The summed E-state index contributed by atoms with van der Waals surface area (Å²) in [6.07, 6.45) is 0.552. The number of amides is 1. The predicted molar refractivity (Wildman–Crippen MR) is 49.0 cm³/mol. The SMILES string of the molecule is Cc1ccc(NNC=O)c(Cl)c1. The molecule has 0 aliphatic heterocycles. The van der Waals surface area contributed by atoms with Gasteiger partial charge in [-0.05, 0) is 24.6 Å². The summed E-state index contributed by atoms with van der Waals surface area (Å²) in [6.45, 7) is 1.95. The standard InChI is InChI=1S/C8H9ClN2O/c1-6-2-3-8(7(9)4-6)11-10-5-12/h2-5,11H,1H3,(H,10,12).